The number of benzene rings is 1. The molecule has 0 saturated carbocycles. The number of piperidine rings is 2. The van der Waals surface area contributed by atoms with Crippen molar-refractivity contribution < 1.29 is 14.3 Å². The fraction of sp³-hybridized carbons (Fsp3) is 0.619. The lowest BCUT2D eigenvalue weighted by atomic mass is 9.95. The quantitative estimate of drug-likeness (QED) is 0.613. The SMILES string of the molecule is CNC(=O)N1CCC(CN2CCC(NC(=O)c3cc(Cl)c(N)cc3OC)CC2)CC1. The van der Waals surface area contributed by atoms with Crippen molar-refractivity contribution >= 4 is 29.2 Å². The van der Waals surface area contributed by atoms with Gasteiger partial charge in [-0.3, -0.25) is 4.79 Å². The van der Waals surface area contributed by atoms with E-state index in [2.05, 4.69) is 15.5 Å². The third-order valence-electron chi connectivity index (χ3n) is 6.12. The van der Waals surface area contributed by atoms with Crippen LogP contribution in [0.15, 0.2) is 12.1 Å². The highest BCUT2D eigenvalue weighted by Gasteiger charge is 2.27. The summed E-state index contributed by atoms with van der Waals surface area (Å²) in [6.45, 7) is 4.62. The van der Waals surface area contributed by atoms with Gasteiger partial charge in [-0.1, -0.05) is 11.6 Å². The summed E-state index contributed by atoms with van der Waals surface area (Å²) < 4.78 is 5.29. The molecular formula is C21H32ClN5O3. The Hall–Kier alpha value is -2.19. The number of likely N-dealkylation sites (tertiary alicyclic amines) is 2. The minimum Gasteiger partial charge on any atom is -0.496 e. The summed E-state index contributed by atoms with van der Waals surface area (Å²) in [6.07, 6.45) is 3.91. The normalized spacial score (nSPS) is 18.8. The molecule has 30 heavy (non-hydrogen) atoms. The molecule has 0 radical (unpaired) electrons. The van der Waals surface area contributed by atoms with Gasteiger partial charge in [0.2, 0.25) is 0 Å². The van der Waals surface area contributed by atoms with Crippen LogP contribution in [0.1, 0.15) is 36.0 Å². The maximum Gasteiger partial charge on any atom is 0.317 e. The average Bonchev–Trinajstić information content (AvgIpc) is 2.76. The molecule has 2 aliphatic rings. The molecule has 3 rings (SSSR count). The van der Waals surface area contributed by atoms with E-state index in [4.69, 9.17) is 22.1 Å². The standard InChI is InChI=1S/C21H32ClN5O3/c1-24-21(29)27-9-3-14(4-10-27)13-26-7-5-15(6-8-26)25-20(28)16-11-17(22)18(23)12-19(16)30-2/h11-12,14-15H,3-10,13,23H2,1-2H3,(H,24,29)(H,25,28). The Morgan fingerprint density at radius 3 is 2.43 bits per heavy atom. The number of nitrogens with one attached hydrogen (secondary N) is 2. The van der Waals surface area contributed by atoms with Crippen LogP contribution < -0.4 is 21.1 Å². The first-order chi connectivity index (χ1) is 14.4. The van der Waals surface area contributed by atoms with E-state index in [1.807, 2.05) is 4.90 Å². The Labute approximate surface area is 183 Å². The molecule has 2 saturated heterocycles. The van der Waals surface area contributed by atoms with Crippen LogP contribution in [-0.2, 0) is 0 Å². The predicted molar refractivity (Wildman–Crippen MR) is 118 cm³/mol. The summed E-state index contributed by atoms with van der Waals surface area (Å²) >= 11 is 6.08. The fourth-order valence-electron chi connectivity index (χ4n) is 4.28. The van der Waals surface area contributed by atoms with Crippen LogP contribution in [0.2, 0.25) is 5.02 Å². The molecule has 4 N–H and O–H groups in total. The summed E-state index contributed by atoms with van der Waals surface area (Å²) in [6, 6.07) is 3.29. The second kappa shape index (κ2) is 10.2. The van der Waals surface area contributed by atoms with Crippen LogP contribution >= 0.6 is 11.6 Å². The number of nitrogens with two attached hydrogens (primary N) is 1. The van der Waals surface area contributed by atoms with Crippen molar-refractivity contribution in [1.29, 1.82) is 0 Å². The summed E-state index contributed by atoms with van der Waals surface area (Å²) in [5.41, 5.74) is 6.59. The molecule has 9 heteroatoms. The van der Waals surface area contributed by atoms with Gasteiger partial charge >= 0.3 is 6.03 Å². The third-order valence-corrected chi connectivity index (χ3v) is 6.45. The Morgan fingerprint density at radius 1 is 1.17 bits per heavy atom. The van der Waals surface area contributed by atoms with Crippen molar-refractivity contribution in [1.82, 2.24) is 20.4 Å². The topological polar surface area (TPSA) is 99.9 Å². The molecule has 2 fully saturated rings. The lowest BCUT2D eigenvalue weighted by Gasteiger charge is -2.37. The van der Waals surface area contributed by atoms with Gasteiger partial charge in [0.05, 0.1) is 23.4 Å². The lowest BCUT2D eigenvalue weighted by molar-refractivity contribution is 0.0891. The fourth-order valence-corrected chi connectivity index (χ4v) is 4.44. The number of carbonyl (C=O) groups is 2. The Bertz CT molecular complexity index is 759. The van der Waals surface area contributed by atoms with Crippen molar-refractivity contribution in [2.75, 3.05) is 52.6 Å². The first kappa shape index (κ1) is 22.5. The van der Waals surface area contributed by atoms with Crippen LogP contribution in [0.25, 0.3) is 0 Å². The zero-order valence-corrected chi connectivity index (χ0v) is 18.5. The van der Waals surface area contributed by atoms with E-state index in [1.165, 1.54) is 7.11 Å². The first-order valence-electron chi connectivity index (χ1n) is 10.5. The van der Waals surface area contributed by atoms with Crippen LogP contribution in [0.3, 0.4) is 0 Å². The van der Waals surface area contributed by atoms with Crippen LogP contribution in [0.5, 0.6) is 5.75 Å². The van der Waals surface area contributed by atoms with E-state index < -0.39 is 0 Å². The number of rotatable bonds is 5. The number of hydrogen-bond acceptors (Lipinski definition) is 5. The van der Waals surface area contributed by atoms with Crippen molar-refractivity contribution in [2.24, 2.45) is 5.92 Å². The molecule has 0 bridgehead atoms. The number of ether oxygens (including phenoxy) is 1. The number of anilines is 1. The second-order valence-corrected chi connectivity index (χ2v) is 8.52. The van der Waals surface area contributed by atoms with E-state index in [1.54, 1.807) is 19.2 Å². The lowest BCUT2D eigenvalue weighted by Crippen LogP contribution is -2.48. The van der Waals surface area contributed by atoms with Gasteiger partial charge in [-0.25, -0.2) is 4.79 Å². The second-order valence-electron chi connectivity index (χ2n) is 8.11. The van der Waals surface area contributed by atoms with Gasteiger partial charge in [-0.05, 0) is 37.7 Å². The maximum atomic E-state index is 12.7. The molecule has 3 amide bonds. The molecule has 8 nitrogen and oxygen atoms in total. The smallest absolute Gasteiger partial charge is 0.317 e. The van der Waals surface area contributed by atoms with Crippen LogP contribution in [-0.4, -0.2) is 74.7 Å². The van der Waals surface area contributed by atoms with Crippen molar-refractivity contribution in [2.45, 2.75) is 31.7 Å². The number of urea groups is 1. The number of nitrogen functional groups attached to an aromatic ring is 1. The highest BCUT2D eigenvalue weighted by atomic mass is 35.5. The summed E-state index contributed by atoms with van der Waals surface area (Å²) in [5.74, 6) is 0.863. The zero-order valence-electron chi connectivity index (χ0n) is 17.7. The van der Waals surface area contributed by atoms with Gasteiger partial charge in [0.25, 0.3) is 5.91 Å². The monoisotopic (exact) mass is 437 g/mol. The van der Waals surface area contributed by atoms with Gasteiger partial charge < -0.3 is 30.9 Å². The van der Waals surface area contributed by atoms with Crippen LogP contribution in [0.4, 0.5) is 10.5 Å². The maximum absolute atomic E-state index is 12.7. The third kappa shape index (κ3) is 5.49. The average molecular weight is 438 g/mol. The van der Waals surface area contributed by atoms with E-state index in [0.717, 1.165) is 58.4 Å². The molecule has 2 heterocycles. The molecule has 0 spiro atoms. The minimum absolute atomic E-state index is 0.0176. The number of carbonyl (C=O) groups excluding carboxylic acids is 2. The number of halogens is 1. The number of methoxy groups -OCH3 is 1. The minimum atomic E-state index is -0.186. The molecule has 1 aromatic rings. The molecule has 0 atom stereocenters. The highest BCUT2D eigenvalue weighted by Crippen LogP contribution is 2.29. The van der Waals surface area contributed by atoms with Gasteiger partial charge in [-0.2, -0.15) is 0 Å². The molecule has 0 unspecified atom stereocenters. The Kier molecular flexibility index (Phi) is 7.66. The number of hydrogen-bond donors (Lipinski definition) is 3. The van der Waals surface area contributed by atoms with Gasteiger partial charge in [0.15, 0.2) is 0 Å². The predicted octanol–water partition coefficient (Wildman–Crippen LogP) is 2.18. The summed E-state index contributed by atoms with van der Waals surface area (Å²) in [5, 5.41) is 6.15. The molecule has 2 aliphatic heterocycles. The van der Waals surface area contributed by atoms with E-state index >= 15 is 0 Å². The molecule has 166 valence electrons. The highest BCUT2D eigenvalue weighted by molar-refractivity contribution is 6.33. The van der Waals surface area contributed by atoms with E-state index in [0.29, 0.717) is 27.9 Å². The largest absolute Gasteiger partial charge is 0.496 e. The Morgan fingerprint density at radius 2 is 1.83 bits per heavy atom. The van der Waals surface area contributed by atoms with E-state index in [-0.39, 0.29) is 18.0 Å². The van der Waals surface area contributed by atoms with Gasteiger partial charge in [-0.15, -0.1) is 0 Å². The van der Waals surface area contributed by atoms with Crippen molar-refractivity contribution in [3.63, 3.8) is 0 Å². The molecule has 1 aromatic carbocycles. The van der Waals surface area contributed by atoms with Crippen molar-refractivity contribution in [3.8, 4) is 5.75 Å². The van der Waals surface area contributed by atoms with Crippen LogP contribution in [0, 0.1) is 5.92 Å². The van der Waals surface area contributed by atoms with Gasteiger partial charge in [0.1, 0.15) is 5.75 Å². The molecule has 0 aromatic heterocycles. The number of nitrogens with zero attached hydrogens (tertiary/aromatic N) is 2. The first-order valence-corrected chi connectivity index (χ1v) is 10.9. The summed E-state index contributed by atoms with van der Waals surface area (Å²) in [7, 11) is 3.19. The van der Waals surface area contributed by atoms with Gasteiger partial charge in [0, 0.05) is 51.9 Å². The Balaban J connectivity index is 1.45. The number of amides is 3. The van der Waals surface area contributed by atoms with Crippen molar-refractivity contribution in [3.05, 3.63) is 22.7 Å². The molecular weight excluding hydrogens is 406 g/mol. The molecule has 0 aliphatic carbocycles. The van der Waals surface area contributed by atoms with E-state index in [9.17, 15) is 9.59 Å². The summed E-state index contributed by atoms with van der Waals surface area (Å²) in [4.78, 5) is 28.8. The zero-order chi connectivity index (χ0) is 21.7.